The van der Waals surface area contributed by atoms with E-state index in [1.54, 1.807) is 48.6 Å². The molecule has 0 heterocycles. The molecule has 314 valence electrons. The maximum atomic E-state index is 11.7. The van der Waals surface area contributed by atoms with E-state index in [0.29, 0.717) is 60.8 Å². The number of hydrogen-bond donors (Lipinski definition) is 8. The summed E-state index contributed by atoms with van der Waals surface area (Å²) in [5, 5.41) is 93.0. The van der Waals surface area contributed by atoms with Crippen LogP contribution in [0.4, 0.5) is 0 Å². The third kappa shape index (κ3) is 10.8. The van der Waals surface area contributed by atoms with Crippen molar-refractivity contribution in [2.45, 2.75) is 190 Å². The summed E-state index contributed by atoms with van der Waals surface area (Å²) in [7, 11) is 0. The van der Waals surface area contributed by atoms with Crippen LogP contribution in [0.25, 0.3) is 0 Å². The van der Waals surface area contributed by atoms with E-state index in [1.165, 1.54) is 0 Å². The molecule has 0 spiro atoms. The first kappa shape index (κ1) is 46.3. The highest BCUT2D eigenvalue weighted by Gasteiger charge is 2.46. The molecule has 4 aliphatic carbocycles. The van der Waals surface area contributed by atoms with Gasteiger partial charge >= 0.3 is 0 Å². The largest absolute Gasteiger partial charge is 0.385 e. The Bertz CT molecular complexity index is 1300. The van der Waals surface area contributed by atoms with Crippen LogP contribution in [0.15, 0.2) is 95.2 Å². The van der Waals surface area contributed by atoms with Gasteiger partial charge in [0.2, 0.25) is 0 Å². The van der Waals surface area contributed by atoms with Crippen LogP contribution in [0.3, 0.4) is 0 Å². The average molecular weight is 779 g/mol. The van der Waals surface area contributed by atoms with Gasteiger partial charge < -0.3 is 40.9 Å². The van der Waals surface area contributed by atoms with Crippen LogP contribution in [0.1, 0.15) is 143 Å². The molecular weight excluding hydrogens is 705 g/mol. The van der Waals surface area contributed by atoms with E-state index < -0.39 is 58.7 Å². The molecule has 0 aliphatic heterocycles. The van der Waals surface area contributed by atoms with Gasteiger partial charge in [0.1, 0.15) is 46.8 Å². The summed E-state index contributed by atoms with van der Waals surface area (Å²) in [5.41, 5.74) is -3.05. The van der Waals surface area contributed by atoms with Gasteiger partial charge in [-0.1, -0.05) is 178 Å². The Morgan fingerprint density at radius 2 is 0.625 bits per heavy atom. The minimum absolute atomic E-state index is 0.394. The fourth-order valence-electron chi connectivity index (χ4n) is 9.24. The summed E-state index contributed by atoms with van der Waals surface area (Å²) >= 11 is 0. The molecule has 8 atom stereocenters. The molecule has 8 nitrogen and oxygen atoms in total. The third-order valence-corrected chi connectivity index (χ3v) is 12.9. The lowest BCUT2D eigenvalue weighted by Crippen LogP contribution is -2.48. The molecule has 0 aromatic carbocycles. The summed E-state index contributed by atoms with van der Waals surface area (Å²) < 4.78 is 0. The first-order chi connectivity index (χ1) is 26.7. The van der Waals surface area contributed by atoms with Crippen LogP contribution in [0, 0.1) is 11.8 Å². The molecule has 0 saturated carbocycles. The van der Waals surface area contributed by atoms with Gasteiger partial charge in [-0.25, -0.2) is 0 Å². The second-order valence-corrected chi connectivity index (χ2v) is 17.2. The number of hydrogen-bond acceptors (Lipinski definition) is 8. The highest BCUT2D eigenvalue weighted by Crippen LogP contribution is 2.44. The first-order valence-electron chi connectivity index (χ1n) is 21.9. The summed E-state index contributed by atoms with van der Waals surface area (Å²) in [6, 6.07) is 0. The number of unbranched alkanes of at least 4 members (excludes halogenated alkanes) is 7. The number of aliphatic hydroxyl groups is 8. The van der Waals surface area contributed by atoms with E-state index in [-0.39, 0.29) is 0 Å². The normalized spacial score (nSPS) is 33.9. The van der Waals surface area contributed by atoms with E-state index in [4.69, 9.17) is 0 Å². The molecule has 4 rings (SSSR count). The van der Waals surface area contributed by atoms with Crippen molar-refractivity contribution in [3.63, 3.8) is 0 Å². The topological polar surface area (TPSA) is 162 Å². The fourth-order valence-corrected chi connectivity index (χ4v) is 9.24. The summed E-state index contributed by atoms with van der Waals surface area (Å²) in [4.78, 5) is 0. The Morgan fingerprint density at radius 3 is 0.839 bits per heavy atom. The highest BCUT2D eigenvalue weighted by atomic mass is 16.4. The van der Waals surface area contributed by atoms with E-state index in [9.17, 15) is 40.9 Å². The van der Waals surface area contributed by atoms with Crippen molar-refractivity contribution in [1.82, 2.24) is 0 Å². The van der Waals surface area contributed by atoms with E-state index in [0.717, 1.165) is 77.0 Å². The zero-order chi connectivity index (χ0) is 41.0. The van der Waals surface area contributed by atoms with Gasteiger partial charge in [-0.05, 0) is 60.8 Å². The van der Waals surface area contributed by atoms with Crippen molar-refractivity contribution in [1.29, 1.82) is 0 Å². The molecule has 8 unspecified atom stereocenters. The zero-order valence-corrected chi connectivity index (χ0v) is 34.7. The molecule has 4 aliphatic rings. The number of allylic oxidation sites excluding steroid dienone is 8. The Balaban J connectivity index is 1.52. The van der Waals surface area contributed by atoms with Crippen molar-refractivity contribution in [2.24, 2.45) is 11.8 Å². The molecule has 0 bridgehead atoms. The molecule has 8 N–H and O–H groups in total. The van der Waals surface area contributed by atoms with Crippen LogP contribution >= 0.6 is 0 Å². The van der Waals surface area contributed by atoms with Gasteiger partial charge in [0.25, 0.3) is 0 Å². The highest BCUT2D eigenvalue weighted by molar-refractivity contribution is 5.43. The van der Waals surface area contributed by atoms with Crippen LogP contribution < -0.4 is 0 Å². The first-order valence-corrected chi connectivity index (χ1v) is 21.9. The Kier molecular flexibility index (Phi) is 17.4. The van der Waals surface area contributed by atoms with Crippen molar-refractivity contribution in [3.8, 4) is 0 Å². The number of rotatable bonds is 23. The molecule has 8 heteroatoms. The molecule has 0 saturated heterocycles. The SMILES string of the molecule is CCCCC1(O)C=CC=C(C(CCCCCCC(C2=CC=CC(O)(CCCC)C2O)C2=CC=CC(O)(CCCC)C2O)C2=CC=CC(O)(CCCC)C2O)C1O. The van der Waals surface area contributed by atoms with Gasteiger partial charge in [-0.2, -0.15) is 0 Å². The van der Waals surface area contributed by atoms with Gasteiger partial charge in [-0.3, -0.25) is 0 Å². The van der Waals surface area contributed by atoms with E-state index in [2.05, 4.69) is 0 Å². The Morgan fingerprint density at radius 1 is 0.393 bits per heavy atom. The zero-order valence-electron chi connectivity index (χ0n) is 34.7. The molecule has 56 heavy (non-hydrogen) atoms. The standard InChI is InChI=1S/C48H74O8/c1-5-9-27-45(53)31-17-23-37(41(45)49)35(38-24-18-32-46(54,42(38)50)28-10-6-2)21-15-13-14-16-22-36(39-25-19-33-47(55,43(39)51)29-11-7-3)40-26-20-34-48(56,44(40)52)30-12-8-4/h17-20,23-26,31-36,41-44,49-56H,5-16,21-22,27-30H2,1-4H3. The van der Waals surface area contributed by atoms with Gasteiger partial charge in [0.15, 0.2) is 0 Å². The number of aliphatic hydroxyl groups excluding tert-OH is 4. The van der Waals surface area contributed by atoms with Crippen molar-refractivity contribution in [2.75, 3.05) is 0 Å². The van der Waals surface area contributed by atoms with Crippen LogP contribution in [-0.4, -0.2) is 87.7 Å². The summed E-state index contributed by atoms with van der Waals surface area (Å²) in [6.07, 6.45) is 29.3. The van der Waals surface area contributed by atoms with E-state index >= 15 is 0 Å². The third-order valence-electron chi connectivity index (χ3n) is 12.9. The molecule has 0 aromatic heterocycles. The molecule has 0 fully saturated rings. The lowest BCUT2D eigenvalue weighted by Gasteiger charge is -2.42. The van der Waals surface area contributed by atoms with Crippen LogP contribution in [0.2, 0.25) is 0 Å². The van der Waals surface area contributed by atoms with E-state index in [1.807, 2.05) is 52.0 Å². The minimum Gasteiger partial charge on any atom is -0.385 e. The monoisotopic (exact) mass is 779 g/mol. The minimum atomic E-state index is -1.41. The molecular formula is C48H74O8. The Labute approximate surface area is 337 Å². The summed E-state index contributed by atoms with van der Waals surface area (Å²) in [5.74, 6) is -0.789. The predicted octanol–water partition coefficient (Wildman–Crippen LogP) is 7.67. The lowest BCUT2D eigenvalue weighted by molar-refractivity contribution is -0.0417. The maximum Gasteiger partial charge on any atom is 0.113 e. The van der Waals surface area contributed by atoms with Crippen LogP contribution in [0.5, 0.6) is 0 Å². The average Bonchev–Trinajstić information content (AvgIpc) is 3.18. The maximum absolute atomic E-state index is 11.7. The van der Waals surface area contributed by atoms with Gasteiger partial charge in [0.05, 0.1) is 0 Å². The quantitative estimate of drug-likeness (QED) is 0.0491. The van der Waals surface area contributed by atoms with Crippen molar-refractivity contribution >= 4 is 0 Å². The molecule has 0 radical (unpaired) electrons. The van der Waals surface area contributed by atoms with Crippen LogP contribution in [-0.2, 0) is 0 Å². The summed E-state index contributed by atoms with van der Waals surface area (Å²) in [6.45, 7) is 8.20. The van der Waals surface area contributed by atoms with Gasteiger partial charge in [0, 0.05) is 11.8 Å². The van der Waals surface area contributed by atoms with Crippen molar-refractivity contribution in [3.05, 3.63) is 95.2 Å². The second-order valence-electron chi connectivity index (χ2n) is 17.2. The second kappa shape index (κ2) is 21.0. The lowest BCUT2D eigenvalue weighted by atomic mass is 9.69. The molecule has 0 amide bonds. The Hall–Kier alpha value is -2.40. The fraction of sp³-hybridized carbons (Fsp3) is 0.667. The predicted molar refractivity (Wildman–Crippen MR) is 226 cm³/mol. The molecule has 0 aromatic rings. The smallest absolute Gasteiger partial charge is 0.113 e. The van der Waals surface area contributed by atoms with Gasteiger partial charge in [-0.15, -0.1) is 0 Å². The van der Waals surface area contributed by atoms with Crippen molar-refractivity contribution < 1.29 is 40.9 Å².